The van der Waals surface area contributed by atoms with Gasteiger partial charge in [-0.3, -0.25) is 9.69 Å². The minimum absolute atomic E-state index is 0.00286. The maximum absolute atomic E-state index is 13.6. The molecule has 0 bridgehead atoms. The van der Waals surface area contributed by atoms with E-state index < -0.39 is 35.0 Å². The number of likely N-dealkylation sites (tertiary alicyclic amines) is 1. The lowest BCUT2D eigenvalue weighted by Gasteiger charge is -2.36. The van der Waals surface area contributed by atoms with Gasteiger partial charge in [-0.25, -0.2) is 0 Å². The van der Waals surface area contributed by atoms with Crippen molar-refractivity contribution in [3.05, 3.63) is 41.1 Å². The van der Waals surface area contributed by atoms with E-state index in [9.17, 15) is 31.1 Å². The predicted octanol–water partition coefficient (Wildman–Crippen LogP) is 6.34. The molecule has 1 amide bonds. The van der Waals surface area contributed by atoms with Crippen molar-refractivity contribution < 1.29 is 31.1 Å². The van der Waals surface area contributed by atoms with Gasteiger partial charge in [-0.05, 0) is 63.1 Å². The van der Waals surface area contributed by atoms with Crippen molar-refractivity contribution in [3.8, 4) is 0 Å². The Morgan fingerprint density at radius 3 is 2.28 bits per heavy atom. The van der Waals surface area contributed by atoms with Gasteiger partial charge in [0.1, 0.15) is 0 Å². The van der Waals surface area contributed by atoms with E-state index in [1.807, 2.05) is 6.08 Å². The van der Waals surface area contributed by atoms with Crippen LogP contribution < -0.4 is 5.32 Å². The first kappa shape index (κ1) is 25.0. The second-order valence-electron chi connectivity index (χ2n) is 8.19. The van der Waals surface area contributed by atoms with Gasteiger partial charge in [0.2, 0.25) is 0 Å². The molecule has 3 rings (SSSR count). The monoisotopic (exact) mass is 480 g/mol. The van der Waals surface area contributed by atoms with Gasteiger partial charge in [0.05, 0.1) is 16.7 Å². The summed E-state index contributed by atoms with van der Waals surface area (Å²) in [4.78, 5) is 14.7. The summed E-state index contributed by atoms with van der Waals surface area (Å²) < 4.78 is 79.9. The molecule has 2 unspecified atom stereocenters. The molecule has 0 spiro atoms. The van der Waals surface area contributed by atoms with Crippen LogP contribution in [0.3, 0.4) is 0 Å². The highest BCUT2D eigenvalue weighted by Gasteiger charge is 2.41. The average Bonchev–Trinajstić information content (AvgIpc) is 3.26. The number of nitrogens with zero attached hydrogens (tertiary/aromatic N) is 1. The number of rotatable bonds is 5. The molecule has 10 heteroatoms. The molecule has 2 atom stereocenters. The molecule has 1 aliphatic carbocycles. The van der Waals surface area contributed by atoms with Gasteiger partial charge >= 0.3 is 12.4 Å². The summed E-state index contributed by atoms with van der Waals surface area (Å²) in [6.07, 6.45) is 0.872. The van der Waals surface area contributed by atoms with E-state index in [1.54, 1.807) is 0 Å². The summed E-state index contributed by atoms with van der Waals surface area (Å²) >= 11 is 0.671. The second-order valence-corrected chi connectivity index (χ2v) is 9.04. The maximum atomic E-state index is 13.6. The van der Waals surface area contributed by atoms with Crippen LogP contribution in [0.15, 0.2) is 29.3 Å². The zero-order chi connectivity index (χ0) is 23.5. The smallest absolute Gasteiger partial charge is 0.329 e. The van der Waals surface area contributed by atoms with Crippen molar-refractivity contribution >= 4 is 17.7 Å². The number of carbonyl (C=O) groups excluding carboxylic acids is 1. The number of hydrogen-bond donors (Lipinski definition) is 1. The van der Waals surface area contributed by atoms with Crippen LogP contribution in [-0.2, 0) is 12.4 Å². The number of hydrogen-bond acceptors (Lipinski definition) is 3. The third-order valence-electron chi connectivity index (χ3n) is 6.13. The van der Waals surface area contributed by atoms with Gasteiger partial charge < -0.3 is 5.32 Å². The van der Waals surface area contributed by atoms with Gasteiger partial charge in [0.15, 0.2) is 0 Å². The summed E-state index contributed by atoms with van der Waals surface area (Å²) in [5.74, 6) is -0.892. The maximum Gasteiger partial charge on any atom is 0.417 e. The van der Waals surface area contributed by atoms with Gasteiger partial charge in [0.25, 0.3) is 5.91 Å². The molecule has 0 radical (unpaired) electrons. The van der Waals surface area contributed by atoms with E-state index in [4.69, 9.17) is 0 Å². The summed E-state index contributed by atoms with van der Waals surface area (Å²) in [5, 5.41) is 2.37. The molecule has 1 saturated carbocycles. The fraction of sp³-hybridized carbons (Fsp3) is 0.591. The largest absolute Gasteiger partial charge is 0.417 e. The SMILES string of the molecule is CSc1cc(C(F)(F)F)cc(C(F)(F)F)c1C(=O)NC=CC1CCCCC1N1CCCC1. The Bertz CT molecular complexity index is 846. The summed E-state index contributed by atoms with van der Waals surface area (Å²) in [5.41, 5.74) is -3.81. The standard InChI is InChI=1S/C22H26F6N2OS/c1-32-18-13-15(21(23,24)25)12-16(22(26,27)28)19(18)20(31)29-9-8-14-6-2-3-7-17(14)30-10-4-5-11-30/h8-9,12-14,17H,2-7,10-11H2,1H3,(H,29,31). The molecule has 1 saturated heterocycles. The average molecular weight is 481 g/mol. The Hall–Kier alpha value is -1.68. The Labute approximate surface area is 187 Å². The Morgan fingerprint density at radius 2 is 1.69 bits per heavy atom. The summed E-state index contributed by atoms with van der Waals surface area (Å²) in [6.45, 7) is 2.05. The second kappa shape index (κ2) is 10.1. The van der Waals surface area contributed by atoms with Crippen LogP contribution in [-0.4, -0.2) is 36.2 Å². The van der Waals surface area contributed by atoms with Crippen molar-refractivity contribution in [2.75, 3.05) is 19.3 Å². The number of thioether (sulfide) groups is 1. The molecule has 3 nitrogen and oxygen atoms in total. The first-order valence-electron chi connectivity index (χ1n) is 10.6. The molecule has 1 heterocycles. The van der Waals surface area contributed by atoms with E-state index in [-0.39, 0.29) is 16.9 Å². The molecule has 1 aliphatic heterocycles. The Kier molecular flexibility index (Phi) is 7.85. The Balaban J connectivity index is 1.83. The van der Waals surface area contributed by atoms with Crippen LogP contribution >= 0.6 is 11.8 Å². The van der Waals surface area contributed by atoms with Crippen LogP contribution in [0.1, 0.15) is 60.0 Å². The number of halogens is 6. The quantitative estimate of drug-likeness (QED) is 0.394. The van der Waals surface area contributed by atoms with Crippen LogP contribution in [0, 0.1) is 5.92 Å². The normalized spacial score (nSPS) is 23.1. The third-order valence-corrected chi connectivity index (χ3v) is 6.89. The molecule has 1 aromatic rings. The van der Waals surface area contributed by atoms with E-state index >= 15 is 0 Å². The topological polar surface area (TPSA) is 32.3 Å². The van der Waals surface area contributed by atoms with Crippen molar-refractivity contribution in [1.29, 1.82) is 0 Å². The van der Waals surface area contributed by atoms with Gasteiger partial charge in [0, 0.05) is 17.1 Å². The van der Waals surface area contributed by atoms with Crippen LogP contribution in [0.25, 0.3) is 0 Å². The van der Waals surface area contributed by atoms with Crippen molar-refractivity contribution in [2.45, 2.75) is 61.8 Å². The fourth-order valence-corrected chi connectivity index (χ4v) is 5.26. The minimum atomic E-state index is -5.10. The van der Waals surface area contributed by atoms with Gasteiger partial charge in [-0.2, -0.15) is 26.3 Å². The van der Waals surface area contributed by atoms with E-state index in [0.29, 0.717) is 23.9 Å². The van der Waals surface area contributed by atoms with Gasteiger partial charge in [-0.1, -0.05) is 18.9 Å². The number of benzene rings is 1. The number of amides is 1. The van der Waals surface area contributed by atoms with E-state index in [2.05, 4.69) is 10.2 Å². The summed E-state index contributed by atoms with van der Waals surface area (Å²) in [6, 6.07) is 0.935. The highest BCUT2D eigenvalue weighted by atomic mass is 32.2. The van der Waals surface area contributed by atoms with Crippen LogP contribution in [0.5, 0.6) is 0 Å². The predicted molar refractivity (Wildman–Crippen MR) is 111 cm³/mol. The fourth-order valence-electron chi connectivity index (χ4n) is 4.61. The third kappa shape index (κ3) is 5.81. The Morgan fingerprint density at radius 1 is 1.03 bits per heavy atom. The lowest BCUT2D eigenvalue weighted by Crippen LogP contribution is -2.40. The van der Waals surface area contributed by atoms with Crippen LogP contribution in [0.2, 0.25) is 0 Å². The highest BCUT2D eigenvalue weighted by molar-refractivity contribution is 7.98. The number of carbonyl (C=O) groups is 1. The number of nitrogens with one attached hydrogen (secondary N) is 1. The highest BCUT2D eigenvalue weighted by Crippen LogP contribution is 2.41. The molecule has 32 heavy (non-hydrogen) atoms. The lowest BCUT2D eigenvalue weighted by atomic mass is 9.83. The summed E-state index contributed by atoms with van der Waals surface area (Å²) in [7, 11) is 0. The zero-order valence-electron chi connectivity index (χ0n) is 17.7. The molecule has 1 aromatic carbocycles. The molecule has 0 aromatic heterocycles. The van der Waals surface area contributed by atoms with Crippen molar-refractivity contribution in [3.63, 3.8) is 0 Å². The zero-order valence-corrected chi connectivity index (χ0v) is 18.5. The van der Waals surface area contributed by atoms with E-state index in [1.165, 1.54) is 12.5 Å². The van der Waals surface area contributed by atoms with E-state index in [0.717, 1.165) is 51.6 Å². The minimum Gasteiger partial charge on any atom is -0.329 e. The molecule has 2 fully saturated rings. The first-order valence-corrected chi connectivity index (χ1v) is 11.8. The van der Waals surface area contributed by atoms with Crippen molar-refractivity contribution in [1.82, 2.24) is 10.2 Å². The lowest BCUT2D eigenvalue weighted by molar-refractivity contribution is -0.143. The molecular weight excluding hydrogens is 454 g/mol. The van der Waals surface area contributed by atoms with Gasteiger partial charge in [-0.15, -0.1) is 11.8 Å². The molecule has 2 aliphatic rings. The molecule has 1 N–H and O–H groups in total. The first-order chi connectivity index (χ1) is 15.0. The van der Waals surface area contributed by atoms with Crippen LogP contribution in [0.4, 0.5) is 26.3 Å². The molecular formula is C22H26F6N2OS. The number of alkyl halides is 6. The van der Waals surface area contributed by atoms with Crippen molar-refractivity contribution in [2.24, 2.45) is 5.92 Å². The molecule has 178 valence electrons.